The standard InChI is InChI=1S/C19H16N2O4S/c1-12(13-8-4-2-5-9-13)20-16(22)15-18(24)26-19(25)21(15)17(23)14-10-6-3-7-11-14/h2-12,15H,1H3,(H,20,22)/t12?,15-/m1/s1. The molecule has 1 saturated heterocycles. The fourth-order valence-corrected chi connectivity index (χ4v) is 3.45. The minimum absolute atomic E-state index is 0.241. The van der Waals surface area contributed by atoms with Crippen molar-refractivity contribution in [3.05, 3.63) is 71.8 Å². The molecule has 7 heteroatoms. The molecular formula is C19H16N2O4S. The van der Waals surface area contributed by atoms with Crippen molar-refractivity contribution >= 4 is 33.9 Å². The Morgan fingerprint density at radius 3 is 2.19 bits per heavy atom. The number of amides is 3. The molecule has 1 N–H and O–H groups in total. The van der Waals surface area contributed by atoms with Gasteiger partial charge < -0.3 is 5.32 Å². The van der Waals surface area contributed by atoms with Crippen molar-refractivity contribution < 1.29 is 19.2 Å². The number of carbonyl (C=O) groups is 4. The first-order valence-corrected chi connectivity index (χ1v) is 8.80. The average Bonchev–Trinajstić information content (AvgIpc) is 2.96. The van der Waals surface area contributed by atoms with Crippen LogP contribution in [-0.4, -0.2) is 33.1 Å². The monoisotopic (exact) mass is 368 g/mol. The molecule has 2 aromatic rings. The van der Waals surface area contributed by atoms with Crippen LogP contribution in [0, 0.1) is 0 Å². The molecule has 1 heterocycles. The zero-order chi connectivity index (χ0) is 18.7. The smallest absolute Gasteiger partial charge is 0.297 e. The number of nitrogens with zero attached hydrogens (tertiary/aromatic N) is 1. The van der Waals surface area contributed by atoms with E-state index in [1.807, 2.05) is 30.3 Å². The third-order valence-corrected chi connectivity index (χ3v) is 4.81. The van der Waals surface area contributed by atoms with Crippen molar-refractivity contribution in [2.75, 3.05) is 0 Å². The van der Waals surface area contributed by atoms with Crippen LogP contribution in [-0.2, 0) is 9.59 Å². The maximum absolute atomic E-state index is 12.6. The fourth-order valence-electron chi connectivity index (χ4n) is 2.66. The van der Waals surface area contributed by atoms with Crippen molar-refractivity contribution in [2.24, 2.45) is 0 Å². The third kappa shape index (κ3) is 3.52. The number of thioether (sulfide) groups is 1. The van der Waals surface area contributed by atoms with Crippen molar-refractivity contribution in [3.63, 3.8) is 0 Å². The van der Waals surface area contributed by atoms with Crippen LogP contribution in [0.3, 0.4) is 0 Å². The summed E-state index contributed by atoms with van der Waals surface area (Å²) in [4.78, 5) is 50.3. The maximum Gasteiger partial charge on any atom is 0.297 e. The molecule has 0 aromatic heterocycles. The quantitative estimate of drug-likeness (QED) is 0.839. The minimum atomic E-state index is -1.47. The molecular weight excluding hydrogens is 352 g/mol. The van der Waals surface area contributed by atoms with E-state index in [0.29, 0.717) is 11.8 Å². The van der Waals surface area contributed by atoms with Crippen molar-refractivity contribution in [1.29, 1.82) is 0 Å². The summed E-state index contributed by atoms with van der Waals surface area (Å²) in [5, 5.41) is 1.31. The molecule has 3 rings (SSSR count). The van der Waals surface area contributed by atoms with Crippen molar-refractivity contribution in [1.82, 2.24) is 10.2 Å². The van der Waals surface area contributed by atoms with E-state index in [-0.39, 0.29) is 11.6 Å². The number of hydrogen-bond donors (Lipinski definition) is 1. The van der Waals surface area contributed by atoms with E-state index in [1.165, 1.54) is 12.1 Å². The summed E-state index contributed by atoms with van der Waals surface area (Å²) in [6.07, 6.45) is 0. The molecule has 0 aliphatic carbocycles. The molecule has 6 nitrogen and oxygen atoms in total. The predicted octanol–water partition coefficient (Wildman–Crippen LogP) is 2.77. The molecule has 1 fully saturated rings. The molecule has 1 aliphatic rings. The predicted molar refractivity (Wildman–Crippen MR) is 97.4 cm³/mol. The van der Waals surface area contributed by atoms with Gasteiger partial charge in [-0.3, -0.25) is 19.2 Å². The summed E-state index contributed by atoms with van der Waals surface area (Å²) < 4.78 is 0. The summed E-state index contributed by atoms with van der Waals surface area (Å²) in [6.45, 7) is 1.77. The zero-order valence-corrected chi connectivity index (χ0v) is 14.7. The summed E-state index contributed by atoms with van der Waals surface area (Å²) in [6, 6.07) is 15.5. The Labute approximate surface area is 154 Å². The van der Waals surface area contributed by atoms with Crippen LogP contribution >= 0.6 is 11.8 Å². The molecule has 2 atom stereocenters. The molecule has 1 aliphatic heterocycles. The van der Waals surface area contributed by atoms with Gasteiger partial charge in [0.25, 0.3) is 17.1 Å². The lowest BCUT2D eigenvalue weighted by molar-refractivity contribution is -0.129. The molecule has 0 spiro atoms. The molecule has 0 bridgehead atoms. The SMILES string of the molecule is CC(NC(=O)[C@@H]1C(=O)SC(=O)N1C(=O)c1ccccc1)c1ccccc1. The molecule has 3 amide bonds. The summed E-state index contributed by atoms with van der Waals surface area (Å²) in [5.41, 5.74) is 1.09. The Hall–Kier alpha value is -2.93. The second-order valence-electron chi connectivity index (χ2n) is 5.77. The summed E-state index contributed by atoms with van der Waals surface area (Å²) in [7, 11) is 0. The van der Waals surface area contributed by atoms with Crippen LogP contribution in [0.2, 0.25) is 0 Å². The van der Waals surface area contributed by atoms with E-state index in [9.17, 15) is 19.2 Å². The van der Waals surface area contributed by atoms with Gasteiger partial charge >= 0.3 is 0 Å². The van der Waals surface area contributed by atoms with Gasteiger partial charge in [0.1, 0.15) is 0 Å². The lowest BCUT2D eigenvalue weighted by atomic mass is 10.1. The van der Waals surface area contributed by atoms with Crippen molar-refractivity contribution in [2.45, 2.75) is 19.0 Å². The second-order valence-corrected chi connectivity index (χ2v) is 6.73. The second kappa shape index (κ2) is 7.53. The first kappa shape index (κ1) is 17.9. The topological polar surface area (TPSA) is 83.6 Å². The molecule has 1 unspecified atom stereocenters. The van der Waals surface area contributed by atoms with E-state index in [4.69, 9.17) is 0 Å². The number of imide groups is 1. The van der Waals surface area contributed by atoms with Gasteiger partial charge in [-0.2, -0.15) is 0 Å². The maximum atomic E-state index is 12.6. The van der Waals surface area contributed by atoms with Gasteiger partial charge in [0.2, 0.25) is 5.12 Å². The highest BCUT2D eigenvalue weighted by molar-refractivity contribution is 8.26. The van der Waals surface area contributed by atoms with Crippen LogP contribution in [0.15, 0.2) is 60.7 Å². The normalized spacial score (nSPS) is 17.9. The largest absolute Gasteiger partial charge is 0.347 e. The Balaban J connectivity index is 1.82. The summed E-state index contributed by atoms with van der Waals surface area (Å²) >= 11 is 0.377. The lowest BCUT2D eigenvalue weighted by Crippen LogP contribution is -2.50. The highest BCUT2D eigenvalue weighted by Gasteiger charge is 2.48. The first-order chi connectivity index (χ1) is 12.5. The first-order valence-electron chi connectivity index (χ1n) is 7.98. The molecule has 0 saturated carbocycles. The fraction of sp³-hybridized carbons (Fsp3) is 0.158. The van der Waals surface area contributed by atoms with E-state index in [0.717, 1.165) is 10.5 Å². The third-order valence-electron chi connectivity index (χ3n) is 4.01. The zero-order valence-electron chi connectivity index (χ0n) is 13.9. The van der Waals surface area contributed by atoms with Gasteiger partial charge in [-0.25, -0.2) is 4.90 Å². The number of hydrogen-bond acceptors (Lipinski definition) is 5. The molecule has 0 radical (unpaired) electrons. The molecule has 26 heavy (non-hydrogen) atoms. The number of rotatable bonds is 4. The van der Waals surface area contributed by atoms with E-state index in [1.54, 1.807) is 25.1 Å². The highest BCUT2D eigenvalue weighted by Crippen LogP contribution is 2.28. The Kier molecular flexibility index (Phi) is 5.18. The Morgan fingerprint density at radius 2 is 1.58 bits per heavy atom. The average molecular weight is 368 g/mol. The minimum Gasteiger partial charge on any atom is -0.347 e. The van der Waals surface area contributed by atoms with Gasteiger partial charge in [-0.15, -0.1) is 0 Å². The van der Waals surface area contributed by atoms with Crippen LogP contribution in [0.25, 0.3) is 0 Å². The number of carbonyl (C=O) groups excluding carboxylic acids is 4. The van der Waals surface area contributed by atoms with Crippen LogP contribution in [0.1, 0.15) is 28.9 Å². The van der Waals surface area contributed by atoms with Gasteiger partial charge in [0.05, 0.1) is 6.04 Å². The van der Waals surface area contributed by atoms with Gasteiger partial charge in [-0.1, -0.05) is 48.5 Å². The Bertz CT molecular complexity index is 854. The summed E-state index contributed by atoms with van der Waals surface area (Å²) in [5.74, 6) is -1.34. The molecule has 132 valence electrons. The van der Waals surface area contributed by atoms with E-state index >= 15 is 0 Å². The lowest BCUT2D eigenvalue weighted by Gasteiger charge is -2.22. The van der Waals surface area contributed by atoms with Crippen LogP contribution < -0.4 is 5.32 Å². The van der Waals surface area contributed by atoms with Gasteiger partial charge in [-0.05, 0) is 24.6 Å². The molecule has 2 aromatic carbocycles. The van der Waals surface area contributed by atoms with Crippen LogP contribution in [0.4, 0.5) is 4.79 Å². The number of benzene rings is 2. The van der Waals surface area contributed by atoms with Gasteiger partial charge in [0.15, 0.2) is 6.04 Å². The van der Waals surface area contributed by atoms with Gasteiger partial charge in [0, 0.05) is 17.3 Å². The van der Waals surface area contributed by atoms with E-state index < -0.39 is 28.2 Å². The van der Waals surface area contributed by atoms with E-state index in [2.05, 4.69) is 5.32 Å². The number of nitrogens with one attached hydrogen (secondary N) is 1. The van der Waals surface area contributed by atoms with Crippen LogP contribution in [0.5, 0.6) is 0 Å². The Morgan fingerprint density at radius 1 is 1.00 bits per heavy atom. The highest BCUT2D eigenvalue weighted by atomic mass is 32.2. The van der Waals surface area contributed by atoms with Crippen molar-refractivity contribution in [3.8, 4) is 0 Å².